The average Bonchev–Trinajstić information content (AvgIpc) is 3.62. The quantitative estimate of drug-likeness (QED) is 0.266. The van der Waals surface area contributed by atoms with Crippen LogP contribution >= 0.6 is 0 Å². The number of nitriles is 1. The highest BCUT2D eigenvalue weighted by Gasteiger charge is 2.43. The molecule has 5 rings (SSSR count). The van der Waals surface area contributed by atoms with Gasteiger partial charge in [0, 0.05) is 54.1 Å². The summed E-state index contributed by atoms with van der Waals surface area (Å²) in [4.78, 5) is 8.38. The van der Waals surface area contributed by atoms with E-state index in [1.165, 1.54) is 12.3 Å². The third kappa shape index (κ3) is 5.25. The molecule has 1 saturated heterocycles. The highest BCUT2D eigenvalue weighted by Crippen LogP contribution is 2.38. The summed E-state index contributed by atoms with van der Waals surface area (Å²) >= 11 is 0. The maximum atomic E-state index is 13.7. The molecule has 196 valence electrons. The Hall–Kier alpha value is -3.46. The van der Waals surface area contributed by atoms with E-state index in [2.05, 4.69) is 63.4 Å². The largest absolute Gasteiger partial charge is 0.494 e. The van der Waals surface area contributed by atoms with E-state index in [1.807, 2.05) is 12.1 Å². The van der Waals surface area contributed by atoms with Crippen molar-refractivity contribution >= 4 is 30.1 Å². The lowest BCUT2D eigenvalue weighted by molar-refractivity contribution is 0.222. The monoisotopic (exact) mass is 514 g/mol. The predicted octanol–water partition coefficient (Wildman–Crippen LogP) is 3.40. The number of hydrazine groups is 2. The molecule has 2 unspecified atom stereocenters. The van der Waals surface area contributed by atoms with Gasteiger partial charge in [-0.3, -0.25) is 4.98 Å². The lowest BCUT2D eigenvalue weighted by Crippen LogP contribution is -2.54. The van der Waals surface area contributed by atoms with Crippen molar-refractivity contribution in [1.29, 1.82) is 5.26 Å². The Balaban J connectivity index is 1.59. The number of hydrogen-bond acceptors (Lipinski definition) is 9. The zero-order valence-electron chi connectivity index (χ0n) is 22.1. The SMILES string of the molecule is [B]C(Nc1cc(OC)c2ncc(C#N)c(NCC(C)(C)C)c2c1)(c1ccc(F)nc1)C1CN(C2CC2)NN1. The number of hydrogen-bond donors (Lipinski definition) is 4. The fourth-order valence-corrected chi connectivity index (χ4v) is 4.68. The van der Waals surface area contributed by atoms with Gasteiger partial charge >= 0.3 is 0 Å². The van der Waals surface area contributed by atoms with Crippen LogP contribution in [0.1, 0.15) is 44.7 Å². The number of methoxy groups -OCH3 is 1. The Bertz CT molecular complexity index is 1370. The van der Waals surface area contributed by atoms with Gasteiger partial charge < -0.3 is 15.4 Å². The molecule has 2 fully saturated rings. The summed E-state index contributed by atoms with van der Waals surface area (Å²) < 4.78 is 19.4. The van der Waals surface area contributed by atoms with E-state index in [4.69, 9.17) is 12.6 Å². The standard InChI is InChI=1S/C27H32BFN8O/c1-26(2,3)15-33-24-16(11-30)12-32-25-20(24)9-18(10-21(25)38-4)34-27(28,17-5-8-23(29)31-13-17)22-14-37(36-35-22)19-6-7-19/h5,8-10,12-13,19,22,34-36H,6-7,14-15H2,1-4H3,(H,32,33). The third-order valence-electron chi connectivity index (χ3n) is 6.93. The van der Waals surface area contributed by atoms with Crippen molar-refractivity contribution in [3.63, 3.8) is 0 Å². The molecule has 0 spiro atoms. The maximum Gasteiger partial charge on any atom is 0.212 e. The Kier molecular flexibility index (Phi) is 6.90. The minimum atomic E-state index is -1.17. The molecule has 0 amide bonds. The van der Waals surface area contributed by atoms with Crippen molar-refractivity contribution in [3.8, 4) is 11.8 Å². The van der Waals surface area contributed by atoms with E-state index in [0.29, 0.717) is 52.9 Å². The third-order valence-corrected chi connectivity index (χ3v) is 6.93. The van der Waals surface area contributed by atoms with Gasteiger partial charge in [-0.15, -0.1) is 0 Å². The molecule has 9 nitrogen and oxygen atoms in total. The topological polar surface area (TPSA) is 110 Å². The van der Waals surface area contributed by atoms with Crippen LogP contribution < -0.4 is 26.3 Å². The summed E-state index contributed by atoms with van der Waals surface area (Å²) in [6.45, 7) is 7.65. The normalized spacial score (nSPS) is 19.6. The zero-order valence-corrected chi connectivity index (χ0v) is 22.1. The summed E-state index contributed by atoms with van der Waals surface area (Å²) in [7, 11) is 8.69. The Labute approximate surface area is 223 Å². The van der Waals surface area contributed by atoms with E-state index in [-0.39, 0.29) is 11.5 Å². The fourth-order valence-electron chi connectivity index (χ4n) is 4.68. The first kappa shape index (κ1) is 26.2. The average molecular weight is 514 g/mol. The second-order valence-electron chi connectivity index (χ2n) is 11.2. The number of aromatic nitrogens is 2. The first-order valence-corrected chi connectivity index (χ1v) is 12.7. The summed E-state index contributed by atoms with van der Waals surface area (Å²) in [6, 6.07) is 9.12. The minimum absolute atomic E-state index is 0.0150. The fraction of sp³-hybridized carbons (Fsp3) is 0.444. The molecule has 1 saturated carbocycles. The van der Waals surface area contributed by atoms with Gasteiger partial charge in [0.25, 0.3) is 0 Å². The van der Waals surface area contributed by atoms with Crippen molar-refractivity contribution in [2.45, 2.75) is 51.1 Å². The molecule has 38 heavy (non-hydrogen) atoms. The van der Waals surface area contributed by atoms with Crippen LogP contribution in [0.2, 0.25) is 0 Å². The van der Waals surface area contributed by atoms with E-state index >= 15 is 0 Å². The van der Waals surface area contributed by atoms with E-state index < -0.39 is 11.4 Å². The minimum Gasteiger partial charge on any atom is -0.494 e. The second kappa shape index (κ2) is 10.0. The molecule has 3 heterocycles. The van der Waals surface area contributed by atoms with Crippen molar-refractivity contribution in [2.24, 2.45) is 5.41 Å². The molecule has 11 heteroatoms. The van der Waals surface area contributed by atoms with Crippen LogP contribution in [-0.4, -0.2) is 55.1 Å². The molecule has 1 aromatic carbocycles. The highest BCUT2D eigenvalue weighted by molar-refractivity contribution is 6.18. The number of pyridine rings is 2. The van der Waals surface area contributed by atoms with E-state index in [1.54, 1.807) is 19.4 Å². The molecule has 0 bridgehead atoms. The first-order valence-electron chi connectivity index (χ1n) is 12.7. The summed E-state index contributed by atoms with van der Waals surface area (Å²) in [5, 5.41) is 19.6. The Morgan fingerprint density at radius 2 is 2.03 bits per heavy atom. The molecule has 2 aromatic heterocycles. The number of anilines is 2. The smallest absolute Gasteiger partial charge is 0.212 e. The first-order chi connectivity index (χ1) is 18.1. The molecule has 1 aliphatic carbocycles. The summed E-state index contributed by atoms with van der Waals surface area (Å²) in [5.41, 5.74) is 8.37. The molecule has 3 aromatic rings. The van der Waals surface area contributed by atoms with E-state index in [0.717, 1.165) is 18.2 Å². The molecule has 4 N–H and O–H groups in total. The number of ether oxygens (including phenoxy) is 1. The van der Waals surface area contributed by atoms with Crippen LogP contribution in [0.5, 0.6) is 5.75 Å². The van der Waals surface area contributed by atoms with Crippen LogP contribution in [0.15, 0.2) is 36.7 Å². The number of fused-ring (bicyclic) bond motifs is 1. The van der Waals surface area contributed by atoms with E-state index in [9.17, 15) is 9.65 Å². The van der Waals surface area contributed by atoms with Crippen LogP contribution in [-0.2, 0) is 5.44 Å². The van der Waals surface area contributed by atoms with Gasteiger partial charge in [-0.05, 0) is 36.0 Å². The number of nitrogens with one attached hydrogen (secondary N) is 4. The van der Waals surface area contributed by atoms with Crippen molar-refractivity contribution in [3.05, 3.63) is 53.7 Å². The molecule has 1 aliphatic heterocycles. The van der Waals surface area contributed by atoms with Gasteiger partial charge in [-0.25, -0.2) is 15.4 Å². The lowest BCUT2D eigenvalue weighted by atomic mass is 9.67. The van der Waals surface area contributed by atoms with Gasteiger partial charge in [0.15, 0.2) is 0 Å². The van der Waals surface area contributed by atoms with Crippen molar-refractivity contribution in [1.82, 2.24) is 25.9 Å². The van der Waals surface area contributed by atoms with Crippen LogP contribution in [0.25, 0.3) is 10.9 Å². The molecule has 2 aliphatic rings. The number of nitrogens with zero attached hydrogens (tertiary/aromatic N) is 4. The van der Waals surface area contributed by atoms with Gasteiger partial charge in [0.05, 0.1) is 24.4 Å². The van der Waals surface area contributed by atoms with Crippen LogP contribution in [0, 0.1) is 22.7 Å². The van der Waals surface area contributed by atoms with Gasteiger partial charge in [-0.2, -0.15) is 15.2 Å². The number of benzene rings is 1. The van der Waals surface area contributed by atoms with Gasteiger partial charge in [0.2, 0.25) is 5.95 Å². The van der Waals surface area contributed by atoms with Gasteiger partial charge in [0.1, 0.15) is 25.2 Å². The Morgan fingerprint density at radius 3 is 2.66 bits per heavy atom. The zero-order chi connectivity index (χ0) is 27.1. The Morgan fingerprint density at radius 1 is 1.24 bits per heavy atom. The molecule has 2 atom stereocenters. The summed E-state index contributed by atoms with van der Waals surface area (Å²) in [6.07, 6.45) is 5.27. The highest BCUT2D eigenvalue weighted by atomic mass is 19.1. The number of rotatable bonds is 8. The predicted molar refractivity (Wildman–Crippen MR) is 146 cm³/mol. The summed E-state index contributed by atoms with van der Waals surface area (Å²) in [5.74, 6) is -0.0461. The second-order valence-corrected chi connectivity index (χ2v) is 11.2. The molecular weight excluding hydrogens is 482 g/mol. The van der Waals surface area contributed by atoms with Crippen molar-refractivity contribution in [2.75, 3.05) is 30.8 Å². The maximum absolute atomic E-state index is 13.7. The van der Waals surface area contributed by atoms with Crippen molar-refractivity contribution < 1.29 is 9.13 Å². The van der Waals surface area contributed by atoms with Gasteiger partial charge in [-0.1, -0.05) is 26.8 Å². The lowest BCUT2D eigenvalue weighted by Gasteiger charge is -2.38. The molecular formula is C27H32BFN8O. The van der Waals surface area contributed by atoms with Crippen LogP contribution in [0.3, 0.4) is 0 Å². The number of halogens is 1. The molecule has 2 radical (unpaired) electrons. The van der Waals surface area contributed by atoms with Crippen LogP contribution in [0.4, 0.5) is 15.8 Å².